The minimum atomic E-state index is -4.63. The Morgan fingerprint density at radius 3 is 2.27 bits per heavy atom. The second-order valence-electron chi connectivity index (χ2n) is 5.19. The summed E-state index contributed by atoms with van der Waals surface area (Å²) in [7, 11) is 0. The van der Waals surface area contributed by atoms with E-state index in [4.69, 9.17) is 19.9 Å². The summed E-state index contributed by atoms with van der Waals surface area (Å²) < 4.78 is 55.2. The summed E-state index contributed by atoms with van der Waals surface area (Å²) in [6.07, 6.45) is -4.63. The van der Waals surface area contributed by atoms with E-state index in [0.29, 0.717) is 25.6 Å². The zero-order valence-corrected chi connectivity index (χ0v) is 14.0. The van der Waals surface area contributed by atoms with Crippen molar-refractivity contribution in [2.45, 2.75) is 13.1 Å². The molecule has 0 aliphatic heterocycles. The lowest BCUT2D eigenvalue weighted by molar-refractivity contribution is -0.138. The molecule has 5 nitrogen and oxygen atoms in total. The molecule has 0 fully saturated rings. The Morgan fingerprint density at radius 1 is 1.04 bits per heavy atom. The second-order valence-corrected chi connectivity index (χ2v) is 5.19. The highest BCUT2D eigenvalue weighted by Crippen LogP contribution is 2.38. The number of carbonyl (C=O) groups excluding carboxylic acids is 1. The van der Waals surface area contributed by atoms with Gasteiger partial charge in [-0.2, -0.15) is 13.2 Å². The van der Waals surface area contributed by atoms with Crippen molar-refractivity contribution in [3.8, 4) is 17.2 Å². The lowest BCUT2D eigenvalue weighted by atomic mass is 10.1. The van der Waals surface area contributed by atoms with Crippen molar-refractivity contribution in [3.05, 3.63) is 53.6 Å². The third-order valence-corrected chi connectivity index (χ3v) is 3.32. The molecule has 0 atom stereocenters. The van der Waals surface area contributed by atoms with E-state index in [0.717, 1.165) is 18.2 Å². The summed E-state index contributed by atoms with van der Waals surface area (Å²) in [5, 5.41) is 0. The number of carbonyl (C=O) groups is 1. The number of hydrogen-bond donors (Lipinski definition) is 1. The molecule has 0 saturated heterocycles. The van der Waals surface area contributed by atoms with E-state index in [2.05, 4.69) is 0 Å². The van der Waals surface area contributed by atoms with Crippen LogP contribution in [0.25, 0.3) is 0 Å². The quantitative estimate of drug-likeness (QED) is 0.714. The number of halogens is 3. The van der Waals surface area contributed by atoms with Crippen LogP contribution >= 0.6 is 0 Å². The maximum atomic E-state index is 13.1. The minimum absolute atomic E-state index is 0.0797. The summed E-state index contributed by atoms with van der Waals surface area (Å²) in [6, 6.07) is 8.80. The number of nitrogens with two attached hydrogens (primary N) is 1. The van der Waals surface area contributed by atoms with E-state index in [9.17, 15) is 18.0 Å². The average Bonchev–Trinajstić information content (AvgIpc) is 2.59. The summed E-state index contributed by atoms with van der Waals surface area (Å²) >= 11 is 0. The monoisotopic (exact) mass is 369 g/mol. The second kappa shape index (κ2) is 8.57. The highest BCUT2D eigenvalue weighted by molar-refractivity contribution is 5.93. The van der Waals surface area contributed by atoms with Gasteiger partial charge in [-0.05, 0) is 49.4 Å². The number of hydrogen-bond acceptors (Lipinski definition) is 4. The number of primary amides is 1. The van der Waals surface area contributed by atoms with Crippen molar-refractivity contribution in [1.82, 2.24) is 0 Å². The van der Waals surface area contributed by atoms with Gasteiger partial charge in [-0.15, -0.1) is 0 Å². The summed E-state index contributed by atoms with van der Waals surface area (Å²) in [4.78, 5) is 11.2. The Morgan fingerprint density at radius 2 is 1.69 bits per heavy atom. The fraction of sp³-hybridized carbons (Fsp3) is 0.278. The third kappa shape index (κ3) is 5.38. The number of amides is 1. The molecule has 0 spiro atoms. The van der Waals surface area contributed by atoms with E-state index in [1.165, 1.54) is 12.1 Å². The molecular formula is C18H18F3NO4. The largest absolute Gasteiger partial charge is 0.491 e. The van der Waals surface area contributed by atoms with Crippen LogP contribution < -0.4 is 15.2 Å². The summed E-state index contributed by atoms with van der Waals surface area (Å²) in [5.41, 5.74) is 4.04. The van der Waals surface area contributed by atoms with E-state index < -0.39 is 23.4 Å². The van der Waals surface area contributed by atoms with Gasteiger partial charge in [-0.25, -0.2) is 0 Å². The Labute approximate surface area is 148 Å². The van der Waals surface area contributed by atoms with Crippen molar-refractivity contribution < 1.29 is 32.2 Å². The molecule has 0 heterocycles. The van der Waals surface area contributed by atoms with Gasteiger partial charge in [0.2, 0.25) is 5.91 Å². The first-order valence-corrected chi connectivity index (χ1v) is 7.80. The van der Waals surface area contributed by atoms with Gasteiger partial charge in [0.05, 0.1) is 12.2 Å². The van der Waals surface area contributed by atoms with Gasteiger partial charge in [0.1, 0.15) is 23.9 Å². The van der Waals surface area contributed by atoms with Crippen molar-refractivity contribution in [3.63, 3.8) is 0 Å². The van der Waals surface area contributed by atoms with E-state index in [1.54, 1.807) is 12.1 Å². The SMILES string of the molecule is CCOCCOc1ccc(Oc2cc(C(N)=O)ccc2C(F)(F)F)cc1. The standard InChI is InChI=1S/C18H18F3NO4/c1-2-24-9-10-25-13-4-6-14(7-5-13)26-16-11-12(17(22)23)3-8-15(16)18(19,20)21/h3-8,11H,2,9-10H2,1H3,(H2,22,23). The first-order chi connectivity index (χ1) is 12.3. The van der Waals surface area contributed by atoms with E-state index in [1.807, 2.05) is 6.92 Å². The number of ether oxygens (including phenoxy) is 3. The maximum absolute atomic E-state index is 13.1. The molecule has 26 heavy (non-hydrogen) atoms. The summed E-state index contributed by atoms with van der Waals surface area (Å²) in [6.45, 7) is 3.24. The molecular weight excluding hydrogens is 351 g/mol. The number of benzene rings is 2. The van der Waals surface area contributed by atoms with Crippen molar-refractivity contribution in [2.24, 2.45) is 5.73 Å². The Balaban J connectivity index is 2.16. The summed E-state index contributed by atoms with van der Waals surface area (Å²) in [5.74, 6) is -0.659. The molecule has 0 aromatic heterocycles. The normalized spacial score (nSPS) is 11.2. The van der Waals surface area contributed by atoms with Crippen LogP contribution in [0.15, 0.2) is 42.5 Å². The van der Waals surface area contributed by atoms with Gasteiger partial charge in [0.15, 0.2) is 0 Å². The van der Waals surface area contributed by atoms with Crippen molar-refractivity contribution >= 4 is 5.91 Å². The van der Waals surface area contributed by atoms with E-state index in [-0.39, 0.29) is 11.3 Å². The Kier molecular flexibility index (Phi) is 6.46. The van der Waals surface area contributed by atoms with Gasteiger partial charge in [-0.1, -0.05) is 0 Å². The Bertz CT molecular complexity index is 745. The van der Waals surface area contributed by atoms with Crippen molar-refractivity contribution in [2.75, 3.05) is 19.8 Å². The van der Waals surface area contributed by atoms with Gasteiger partial charge in [0.25, 0.3) is 0 Å². The molecule has 140 valence electrons. The van der Waals surface area contributed by atoms with Crippen LogP contribution in [-0.2, 0) is 10.9 Å². The third-order valence-electron chi connectivity index (χ3n) is 3.32. The van der Waals surface area contributed by atoms with Gasteiger partial charge < -0.3 is 19.9 Å². The van der Waals surface area contributed by atoms with Crippen LogP contribution in [0.2, 0.25) is 0 Å². The van der Waals surface area contributed by atoms with Gasteiger partial charge in [-0.3, -0.25) is 4.79 Å². The molecule has 0 saturated carbocycles. The number of rotatable bonds is 8. The van der Waals surface area contributed by atoms with Crippen molar-refractivity contribution in [1.29, 1.82) is 0 Å². The maximum Gasteiger partial charge on any atom is 0.419 e. The highest BCUT2D eigenvalue weighted by Gasteiger charge is 2.35. The molecule has 0 unspecified atom stereocenters. The van der Waals surface area contributed by atoms with Crippen LogP contribution in [0.3, 0.4) is 0 Å². The van der Waals surface area contributed by atoms with Gasteiger partial charge >= 0.3 is 6.18 Å². The van der Waals surface area contributed by atoms with Crippen LogP contribution in [0, 0.1) is 0 Å². The van der Waals surface area contributed by atoms with Crippen LogP contribution in [0.5, 0.6) is 17.2 Å². The Hall–Kier alpha value is -2.74. The smallest absolute Gasteiger partial charge is 0.419 e. The molecule has 2 aromatic carbocycles. The molecule has 1 amide bonds. The number of alkyl halides is 3. The van der Waals surface area contributed by atoms with Crippen LogP contribution in [0.4, 0.5) is 13.2 Å². The zero-order valence-electron chi connectivity index (χ0n) is 14.0. The molecule has 0 radical (unpaired) electrons. The highest BCUT2D eigenvalue weighted by atomic mass is 19.4. The zero-order chi connectivity index (χ0) is 19.2. The van der Waals surface area contributed by atoms with Crippen LogP contribution in [0.1, 0.15) is 22.8 Å². The molecule has 8 heteroatoms. The first-order valence-electron chi connectivity index (χ1n) is 7.80. The predicted molar refractivity (Wildman–Crippen MR) is 88.5 cm³/mol. The lowest BCUT2D eigenvalue weighted by Gasteiger charge is -2.15. The molecule has 2 N–H and O–H groups in total. The average molecular weight is 369 g/mol. The molecule has 0 aliphatic carbocycles. The predicted octanol–water partition coefficient (Wildman–Crippen LogP) is 4.01. The molecule has 2 rings (SSSR count). The minimum Gasteiger partial charge on any atom is -0.491 e. The van der Waals surface area contributed by atoms with Crippen LogP contribution in [-0.4, -0.2) is 25.7 Å². The van der Waals surface area contributed by atoms with Gasteiger partial charge in [0, 0.05) is 12.2 Å². The fourth-order valence-corrected chi connectivity index (χ4v) is 2.09. The van der Waals surface area contributed by atoms with E-state index >= 15 is 0 Å². The lowest BCUT2D eigenvalue weighted by Crippen LogP contribution is -2.13. The first kappa shape index (κ1) is 19.6. The molecule has 2 aromatic rings. The molecule has 0 bridgehead atoms. The molecule has 0 aliphatic rings. The topological polar surface area (TPSA) is 70.8 Å². The fourth-order valence-electron chi connectivity index (χ4n) is 2.09.